The zero-order valence-corrected chi connectivity index (χ0v) is 8.45. The maximum atomic E-state index is 10.5. The summed E-state index contributed by atoms with van der Waals surface area (Å²) in [5, 5.41) is 8.65. The van der Waals surface area contributed by atoms with Crippen LogP contribution in [0.25, 0.3) is 0 Å². The van der Waals surface area contributed by atoms with Crippen LogP contribution in [0, 0.1) is 6.92 Å². The second-order valence-electron chi connectivity index (χ2n) is 3.55. The van der Waals surface area contributed by atoms with E-state index in [9.17, 15) is 4.79 Å². The normalized spacial score (nSPS) is 12.5. The average Bonchev–Trinajstić information content (AvgIpc) is 2.07. The average molecular weight is 193 g/mol. The summed E-state index contributed by atoms with van der Waals surface area (Å²) in [7, 11) is 0. The molecule has 0 bridgehead atoms. The lowest BCUT2D eigenvalue weighted by Crippen LogP contribution is -2.07. The Bertz CT molecular complexity index is 345. The molecule has 0 aromatic heterocycles. The van der Waals surface area contributed by atoms with E-state index in [2.05, 4.69) is 0 Å². The van der Waals surface area contributed by atoms with Crippen LogP contribution < -0.4 is 5.73 Å². The molecule has 14 heavy (non-hydrogen) atoms. The minimum Gasteiger partial charge on any atom is -0.481 e. The smallest absolute Gasteiger partial charge is 0.307 e. The predicted octanol–water partition coefficient (Wildman–Crippen LogP) is 1.64. The van der Waals surface area contributed by atoms with Crippen molar-refractivity contribution in [3.8, 4) is 0 Å². The van der Waals surface area contributed by atoms with Crippen molar-refractivity contribution in [2.45, 2.75) is 26.3 Å². The first-order valence-electron chi connectivity index (χ1n) is 4.57. The third-order valence-electron chi connectivity index (χ3n) is 2.23. The van der Waals surface area contributed by atoms with Crippen LogP contribution in [0.3, 0.4) is 0 Å². The van der Waals surface area contributed by atoms with Crippen LogP contribution in [0.4, 0.5) is 0 Å². The van der Waals surface area contributed by atoms with Crippen molar-refractivity contribution >= 4 is 5.97 Å². The summed E-state index contributed by atoms with van der Waals surface area (Å²) in [4.78, 5) is 10.5. The van der Waals surface area contributed by atoms with Gasteiger partial charge in [0.2, 0.25) is 0 Å². The van der Waals surface area contributed by atoms with E-state index in [1.807, 2.05) is 32.0 Å². The van der Waals surface area contributed by atoms with Gasteiger partial charge in [0.25, 0.3) is 0 Å². The van der Waals surface area contributed by atoms with Gasteiger partial charge in [-0.3, -0.25) is 4.79 Å². The van der Waals surface area contributed by atoms with Crippen molar-refractivity contribution in [2.24, 2.45) is 5.73 Å². The first-order valence-corrected chi connectivity index (χ1v) is 4.57. The number of benzene rings is 1. The van der Waals surface area contributed by atoms with Crippen LogP contribution in [0.15, 0.2) is 18.2 Å². The summed E-state index contributed by atoms with van der Waals surface area (Å²) in [6.07, 6.45) is 0.0745. The monoisotopic (exact) mass is 193 g/mol. The summed E-state index contributed by atoms with van der Waals surface area (Å²) >= 11 is 0. The SMILES string of the molecule is Cc1cc(C(C)N)ccc1CC(=O)O. The first-order chi connectivity index (χ1) is 6.50. The number of carboxylic acids is 1. The van der Waals surface area contributed by atoms with E-state index >= 15 is 0 Å². The van der Waals surface area contributed by atoms with Crippen molar-refractivity contribution in [2.75, 3.05) is 0 Å². The molecule has 3 nitrogen and oxygen atoms in total. The third-order valence-corrected chi connectivity index (χ3v) is 2.23. The van der Waals surface area contributed by atoms with Crippen molar-refractivity contribution in [3.05, 3.63) is 34.9 Å². The maximum absolute atomic E-state index is 10.5. The fourth-order valence-electron chi connectivity index (χ4n) is 1.36. The lowest BCUT2D eigenvalue weighted by molar-refractivity contribution is -0.136. The Morgan fingerprint density at radius 1 is 1.57 bits per heavy atom. The Hall–Kier alpha value is -1.35. The van der Waals surface area contributed by atoms with Gasteiger partial charge in [-0.25, -0.2) is 0 Å². The highest BCUT2D eigenvalue weighted by Gasteiger charge is 2.06. The topological polar surface area (TPSA) is 63.3 Å². The van der Waals surface area contributed by atoms with Gasteiger partial charge in [-0.15, -0.1) is 0 Å². The molecule has 0 fully saturated rings. The quantitative estimate of drug-likeness (QED) is 0.767. The molecule has 0 amide bonds. The standard InChI is InChI=1S/C11H15NO2/c1-7-5-10(8(2)12)4-3-9(7)6-11(13)14/h3-5,8H,6,12H2,1-2H3,(H,13,14). The maximum Gasteiger partial charge on any atom is 0.307 e. The van der Waals surface area contributed by atoms with E-state index in [1.165, 1.54) is 0 Å². The van der Waals surface area contributed by atoms with E-state index in [0.717, 1.165) is 16.7 Å². The van der Waals surface area contributed by atoms with Crippen molar-refractivity contribution in [1.29, 1.82) is 0 Å². The van der Waals surface area contributed by atoms with E-state index < -0.39 is 5.97 Å². The number of hydrogen-bond donors (Lipinski definition) is 2. The highest BCUT2D eigenvalue weighted by molar-refractivity contribution is 5.70. The lowest BCUT2D eigenvalue weighted by Gasteiger charge is -2.09. The lowest BCUT2D eigenvalue weighted by atomic mass is 10.00. The van der Waals surface area contributed by atoms with Gasteiger partial charge in [-0.05, 0) is 30.5 Å². The molecule has 1 aromatic rings. The molecule has 0 saturated carbocycles. The van der Waals surface area contributed by atoms with Crippen molar-refractivity contribution < 1.29 is 9.90 Å². The minimum absolute atomic E-state index is 0.00687. The highest BCUT2D eigenvalue weighted by Crippen LogP contribution is 2.16. The van der Waals surface area contributed by atoms with E-state index in [0.29, 0.717) is 0 Å². The number of carboxylic acid groups (broad SMARTS) is 1. The van der Waals surface area contributed by atoms with Crippen LogP contribution >= 0.6 is 0 Å². The van der Waals surface area contributed by atoms with Gasteiger partial charge >= 0.3 is 5.97 Å². The van der Waals surface area contributed by atoms with Crippen molar-refractivity contribution in [1.82, 2.24) is 0 Å². The van der Waals surface area contributed by atoms with Gasteiger partial charge < -0.3 is 10.8 Å². The van der Waals surface area contributed by atoms with Crippen molar-refractivity contribution in [3.63, 3.8) is 0 Å². The number of aryl methyl sites for hydroxylation is 1. The van der Waals surface area contributed by atoms with E-state index in [-0.39, 0.29) is 12.5 Å². The van der Waals surface area contributed by atoms with Crippen LogP contribution in [-0.4, -0.2) is 11.1 Å². The summed E-state index contributed by atoms with van der Waals surface area (Å²) in [6, 6.07) is 5.66. The Morgan fingerprint density at radius 3 is 2.64 bits per heavy atom. The Labute approximate surface area is 83.6 Å². The molecule has 3 heteroatoms. The number of nitrogens with two attached hydrogens (primary N) is 1. The van der Waals surface area contributed by atoms with E-state index in [4.69, 9.17) is 10.8 Å². The zero-order valence-electron chi connectivity index (χ0n) is 8.45. The molecule has 0 radical (unpaired) electrons. The Balaban J connectivity index is 2.95. The molecule has 1 aromatic carbocycles. The summed E-state index contributed by atoms with van der Waals surface area (Å²) in [6.45, 7) is 3.82. The van der Waals surface area contributed by atoms with E-state index in [1.54, 1.807) is 0 Å². The largest absolute Gasteiger partial charge is 0.481 e. The Morgan fingerprint density at radius 2 is 2.21 bits per heavy atom. The summed E-state index contributed by atoms with van der Waals surface area (Å²) < 4.78 is 0. The molecule has 0 aliphatic rings. The van der Waals surface area contributed by atoms with Crippen LogP contribution in [0.1, 0.15) is 29.7 Å². The first kappa shape index (κ1) is 10.7. The molecule has 0 saturated heterocycles. The molecule has 1 rings (SSSR count). The third kappa shape index (κ3) is 2.57. The molecule has 1 unspecified atom stereocenters. The Kier molecular flexibility index (Phi) is 3.25. The van der Waals surface area contributed by atoms with Crippen LogP contribution in [0.2, 0.25) is 0 Å². The van der Waals surface area contributed by atoms with Crippen LogP contribution in [0.5, 0.6) is 0 Å². The van der Waals surface area contributed by atoms with Gasteiger partial charge in [0.15, 0.2) is 0 Å². The van der Waals surface area contributed by atoms with Gasteiger partial charge in [0.1, 0.15) is 0 Å². The molecular formula is C11H15NO2. The molecule has 1 atom stereocenters. The molecule has 0 aliphatic carbocycles. The van der Waals surface area contributed by atoms with Crippen LogP contribution in [-0.2, 0) is 11.2 Å². The second kappa shape index (κ2) is 4.24. The molecule has 0 heterocycles. The fraction of sp³-hybridized carbons (Fsp3) is 0.364. The predicted molar refractivity (Wildman–Crippen MR) is 55.1 cm³/mol. The molecule has 3 N–H and O–H groups in total. The van der Waals surface area contributed by atoms with Gasteiger partial charge in [0, 0.05) is 6.04 Å². The number of hydrogen-bond acceptors (Lipinski definition) is 2. The molecule has 0 aliphatic heterocycles. The second-order valence-corrected chi connectivity index (χ2v) is 3.55. The van der Waals surface area contributed by atoms with Gasteiger partial charge in [0.05, 0.1) is 6.42 Å². The molecule has 0 spiro atoms. The number of carbonyl (C=O) groups is 1. The zero-order chi connectivity index (χ0) is 10.7. The minimum atomic E-state index is -0.804. The number of aliphatic carboxylic acids is 1. The van der Waals surface area contributed by atoms with Gasteiger partial charge in [-0.2, -0.15) is 0 Å². The fourth-order valence-corrected chi connectivity index (χ4v) is 1.36. The summed E-state index contributed by atoms with van der Waals surface area (Å²) in [5.41, 5.74) is 8.59. The molecular weight excluding hydrogens is 178 g/mol. The molecule has 76 valence electrons. The number of rotatable bonds is 3. The summed E-state index contributed by atoms with van der Waals surface area (Å²) in [5.74, 6) is -0.804. The highest BCUT2D eigenvalue weighted by atomic mass is 16.4. The van der Waals surface area contributed by atoms with Gasteiger partial charge in [-0.1, -0.05) is 18.2 Å².